The molecule has 0 aromatic heterocycles. The molecule has 0 bridgehead atoms. The van der Waals surface area contributed by atoms with Gasteiger partial charge in [-0.3, -0.25) is 0 Å². The number of benzene rings is 1. The predicted octanol–water partition coefficient (Wildman–Crippen LogP) is 2.66. The molecule has 1 aromatic carbocycles. The Morgan fingerprint density at radius 1 is 1.44 bits per heavy atom. The van der Waals surface area contributed by atoms with Crippen LogP contribution in [0.5, 0.6) is 0 Å². The topological polar surface area (TPSA) is 0 Å². The molecule has 1 aromatic rings. The van der Waals surface area contributed by atoms with Gasteiger partial charge in [-0.1, -0.05) is 17.7 Å². The molecule has 0 aliphatic rings. The van der Waals surface area contributed by atoms with Gasteiger partial charge in [0, 0.05) is 0 Å². The zero-order chi connectivity index (χ0) is 6.85. The zero-order valence-electron chi connectivity index (χ0n) is 4.70. The summed E-state index contributed by atoms with van der Waals surface area (Å²) in [5.41, 5.74) is 0.724. The molecule has 0 N–H and O–H groups in total. The van der Waals surface area contributed by atoms with Crippen molar-refractivity contribution in [3.63, 3.8) is 0 Å². The van der Waals surface area contributed by atoms with E-state index in [1.54, 1.807) is 6.07 Å². The average molecular weight is 144 g/mol. The molecule has 0 spiro atoms. The fraction of sp³-hybridized carbons (Fsp3) is 0. The normalized spacial score (nSPS) is 9.67. The molecule has 0 nitrogen and oxygen atoms in total. The van der Waals surface area contributed by atoms with Crippen molar-refractivity contribution in [2.24, 2.45) is 0 Å². The molecule has 0 fully saturated rings. The first-order chi connectivity index (χ1) is 4.20. The van der Waals surface area contributed by atoms with E-state index in [0.717, 1.165) is 5.56 Å². The minimum Gasteiger partial charge on any atom is -0.205 e. The van der Waals surface area contributed by atoms with Crippen molar-refractivity contribution < 1.29 is 4.39 Å². The Labute approximate surface area is 58.3 Å². The quantitative estimate of drug-likeness (QED) is 0.524. The molecule has 0 saturated carbocycles. The highest BCUT2D eigenvalue weighted by atomic mass is 35.5. The molecule has 47 valence electrons. The molecule has 2 heteroatoms. The number of halogens is 2. The van der Waals surface area contributed by atoms with E-state index in [1.165, 1.54) is 12.1 Å². The van der Waals surface area contributed by atoms with E-state index in [9.17, 15) is 4.39 Å². The van der Waals surface area contributed by atoms with Gasteiger partial charge in [0.25, 0.3) is 0 Å². The van der Waals surface area contributed by atoms with Crippen LogP contribution in [0.1, 0.15) is 5.56 Å². The monoisotopic (exact) mass is 143 g/mol. The second-order valence-corrected chi connectivity index (χ2v) is 2.16. The Bertz CT molecular complexity index is 220. The number of hydrogen-bond donors (Lipinski definition) is 0. The lowest BCUT2D eigenvalue weighted by molar-refractivity contribution is 0.628. The highest BCUT2D eigenvalue weighted by Gasteiger charge is 1.95. The predicted molar refractivity (Wildman–Crippen MR) is 35.9 cm³/mol. The molecule has 0 aliphatic heterocycles. The molecule has 0 atom stereocenters. The van der Waals surface area contributed by atoms with Gasteiger partial charge >= 0.3 is 0 Å². The first kappa shape index (κ1) is 6.56. The fourth-order valence-electron chi connectivity index (χ4n) is 0.540. The van der Waals surface area contributed by atoms with Crippen LogP contribution in [0.2, 0.25) is 5.02 Å². The molecule has 0 heterocycles. The van der Waals surface area contributed by atoms with Gasteiger partial charge in [0.2, 0.25) is 0 Å². The van der Waals surface area contributed by atoms with Crippen molar-refractivity contribution in [1.29, 1.82) is 0 Å². The largest absolute Gasteiger partial charge is 0.205 e. The van der Waals surface area contributed by atoms with Crippen molar-refractivity contribution >= 4 is 11.6 Å². The van der Waals surface area contributed by atoms with Crippen molar-refractivity contribution in [3.05, 3.63) is 41.5 Å². The van der Waals surface area contributed by atoms with Crippen LogP contribution in [-0.2, 0) is 0 Å². The minimum absolute atomic E-state index is 0.127. The fourth-order valence-corrected chi connectivity index (χ4v) is 0.743. The first-order valence-electron chi connectivity index (χ1n) is 2.47. The molecule has 0 saturated heterocycles. The molecule has 1 radical (unpaired) electrons. The van der Waals surface area contributed by atoms with E-state index in [2.05, 4.69) is 6.92 Å². The second kappa shape index (κ2) is 2.36. The van der Waals surface area contributed by atoms with Crippen LogP contribution in [0.4, 0.5) is 4.39 Å². The van der Waals surface area contributed by atoms with E-state index in [-0.39, 0.29) is 5.02 Å². The average Bonchev–Trinajstić information content (AvgIpc) is 1.80. The molecule has 0 amide bonds. The molecule has 0 unspecified atom stereocenters. The SMILES string of the molecule is [CH2]c1ccc(F)c(Cl)c1. The van der Waals surface area contributed by atoms with Crippen LogP contribution in [0.3, 0.4) is 0 Å². The van der Waals surface area contributed by atoms with Crippen LogP contribution in [0, 0.1) is 12.7 Å². The summed E-state index contributed by atoms with van der Waals surface area (Å²) in [5, 5.41) is 0.127. The summed E-state index contributed by atoms with van der Waals surface area (Å²) in [5.74, 6) is -0.399. The van der Waals surface area contributed by atoms with Gasteiger partial charge in [0.05, 0.1) is 5.02 Å². The second-order valence-electron chi connectivity index (χ2n) is 1.75. The Morgan fingerprint density at radius 2 is 2.11 bits per heavy atom. The maximum absolute atomic E-state index is 12.3. The van der Waals surface area contributed by atoms with Gasteiger partial charge in [-0.2, -0.15) is 0 Å². The summed E-state index contributed by atoms with van der Waals surface area (Å²) in [6.07, 6.45) is 0. The number of hydrogen-bond acceptors (Lipinski definition) is 0. The summed E-state index contributed by atoms with van der Waals surface area (Å²) in [6, 6.07) is 4.35. The van der Waals surface area contributed by atoms with Crippen molar-refractivity contribution in [1.82, 2.24) is 0 Å². The summed E-state index contributed by atoms with van der Waals surface area (Å²) in [7, 11) is 0. The lowest BCUT2D eigenvalue weighted by Gasteiger charge is -1.92. The number of rotatable bonds is 0. The Kier molecular flexibility index (Phi) is 1.72. The third-order valence-corrected chi connectivity index (χ3v) is 1.27. The lowest BCUT2D eigenvalue weighted by Crippen LogP contribution is -1.76. The highest BCUT2D eigenvalue weighted by molar-refractivity contribution is 6.30. The van der Waals surface area contributed by atoms with Crippen LogP contribution in [0.25, 0.3) is 0 Å². The van der Waals surface area contributed by atoms with Crippen LogP contribution < -0.4 is 0 Å². The zero-order valence-corrected chi connectivity index (χ0v) is 5.45. The van der Waals surface area contributed by atoms with Gasteiger partial charge in [0.1, 0.15) is 5.82 Å². The van der Waals surface area contributed by atoms with Gasteiger partial charge in [-0.05, 0) is 24.6 Å². The van der Waals surface area contributed by atoms with Gasteiger partial charge in [0.15, 0.2) is 0 Å². The third kappa shape index (κ3) is 1.42. The van der Waals surface area contributed by atoms with Gasteiger partial charge in [-0.25, -0.2) is 4.39 Å². The van der Waals surface area contributed by atoms with Gasteiger partial charge < -0.3 is 0 Å². The Hall–Kier alpha value is -0.560. The standard InChI is InChI=1S/C7H5ClF/c1-5-2-3-7(9)6(8)4-5/h2-4H,1H2. The first-order valence-corrected chi connectivity index (χ1v) is 2.85. The lowest BCUT2D eigenvalue weighted by atomic mass is 10.2. The maximum Gasteiger partial charge on any atom is 0.141 e. The van der Waals surface area contributed by atoms with E-state index in [4.69, 9.17) is 11.6 Å². The summed E-state index contributed by atoms with van der Waals surface area (Å²) >= 11 is 5.40. The third-order valence-electron chi connectivity index (χ3n) is 0.984. The van der Waals surface area contributed by atoms with E-state index in [0.29, 0.717) is 0 Å². The van der Waals surface area contributed by atoms with Crippen molar-refractivity contribution in [2.75, 3.05) is 0 Å². The Morgan fingerprint density at radius 3 is 2.56 bits per heavy atom. The molecule has 9 heavy (non-hydrogen) atoms. The van der Waals surface area contributed by atoms with Crippen LogP contribution in [0.15, 0.2) is 18.2 Å². The van der Waals surface area contributed by atoms with E-state index in [1.807, 2.05) is 0 Å². The molecule has 1 rings (SSSR count). The maximum atomic E-state index is 12.3. The van der Waals surface area contributed by atoms with Crippen molar-refractivity contribution in [2.45, 2.75) is 0 Å². The molecular weight excluding hydrogens is 139 g/mol. The molecular formula is C7H5ClF. The van der Waals surface area contributed by atoms with E-state index < -0.39 is 5.82 Å². The van der Waals surface area contributed by atoms with Crippen LogP contribution >= 0.6 is 11.6 Å². The smallest absolute Gasteiger partial charge is 0.141 e. The summed E-state index contributed by atoms with van der Waals surface area (Å²) in [6.45, 7) is 3.57. The van der Waals surface area contributed by atoms with Gasteiger partial charge in [-0.15, -0.1) is 0 Å². The van der Waals surface area contributed by atoms with Crippen LogP contribution in [-0.4, -0.2) is 0 Å². The summed E-state index contributed by atoms with van der Waals surface area (Å²) in [4.78, 5) is 0. The highest BCUT2D eigenvalue weighted by Crippen LogP contribution is 2.14. The summed E-state index contributed by atoms with van der Waals surface area (Å²) < 4.78 is 12.3. The van der Waals surface area contributed by atoms with E-state index >= 15 is 0 Å². The molecule has 0 aliphatic carbocycles. The minimum atomic E-state index is -0.399. The van der Waals surface area contributed by atoms with Crippen molar-refractivity contribution in [3.8, 4) is 0 Å². The Balaban J connectivity index is 3.17.